The highest BCUT2D eigenvalue weighted by Crippen LogP contribution is 2.23. The normalized spacial score (nSPS) is 10.2. The first-order chi connectivity index (χ1) is 6.25. The van der Waals surface area contributed by atoms with Crippen molar-refractivity contribution in [1.82, 2.24) is 9.36 Å². The summed E-state index contributed by atoms with van der Waals surface area (Å²) in [5.41, 5.74) is 6.46. The van der Waals surface area contributed by atoms with Gasteiger partial charge in [0.2, 0.25) is 5.95 Å². The largest absolute Gasteiger partial charge is 0.367 e. The first kappa shape index (κ1) is 8.65. The second kappa shape index (κ2) is 3.43. The number of hydrogen-bond donors (Lipinski definition) is 1. The van der Waals surface area contributed by atoms with Crippen LogP contribution in [0, 0.1) is 0 Å². The van der Waals surface area contributed by atoms with Crippen molar-refractivity contribution in [3.8, 4) is 10.6 Å². The third-order valence-corrected chi connectivity index (χ3v) is 2.84. The second-order valence-electron chi connectivity index (χ2n) is 2.46. The number of nitrogens with two attached hydrogens (primary N) is 1. The fourth-order valence-electron chi connectivity index (χ4n) is 0.945. The van der Waals surface area contributed by atoms with Gasteiger partial charge >= 0.3 is 0 Å². The van der Waals surface area contributed by atoms with Crippen LogP contribution in [-0.4, -0.2) is 9.36 Å². The summed E-state index contributed by atoms with van der Waals surface area (Å²) < 4.78 is 4.96. The van der Waals surface area contributed by atoms with Crippen LogP contribution in [0.5, 0.6) is 0 Å². The number of anilines is 1. The standard InChI is InChI=1S/C8H6BrN3S/c9-6-3-1-5(2-4-6)7-11-8(10)12-13-7/h1-4H,(H2,10,12). The van der Waals surface area contributed by atoms with Gasteiger partial charge in [0.15, 0.2) is 0 Å². The summed E-state index contributed by atoms with van der Waals surface area (Å²) in [6.07, 6.45) is 0. The molecule has 0 unspecified atom stereocenters. The number of halogens is 1. The third kappa shape index (κ3) is 1.87. The molecule has 0 saturated carbocycles. The summed E-state index contributed by atoms with van der Waals surface area (Å²) in [6, 6.07) is 7.88. The molecule has 0 atom stereocenters. The second-order valence-corrected chi connectivity index (χ2v) is 4.13. The van der Waals surface area contributed by atoms with Gasteiger partial charge in [-0.3, -0.25) is 0 Å². The first-order valence-electron chi connectivity index (χ1n) is 3.61. The van der Waals surface area contributed by atoms with E-state index in [1.165, 1.54) is 11.5 Å². The van der Waals surface area contributed by atoms with Crippen LogP contribution in [0.1, 0.15) is 0 Å². The Kier molecular flexibility index (Phi) is 2.28. The number of nitrogens with zero attached hydrogens (tertiary/aromatic N) is 2. The van der Waals surface area contributed by atoms with Gasteiger partial charge in [0.05, 0.1) is 0 Å². The molecule has 0 aliphatic carbocycles. The predicted octanol–water partition coefficient (Wildman–Crippen LogP) is 2.55. The zero-order valence-electron chi connectivity index (χ0n) is 6.57. The van der Waals surface area contributed by atoms with Crippen LogP contribution < -0.4 is 5.73 Å². The predicted molar refractivity (Wildman–Crippen MR) is 57.5 cm³/mol. The van der Waals surface area contributed by atoms with Gasteiger partial charge in [-0.15, -0.1) is 0 Å². The molecule has 0 amide bonds. The Bertz CT molecular complexity index is 410. The Balaban J connectivity index is 2.41. The molecule has 2 aromatic rings. The van der Waals surface area contributed by atoms with Crippen molar-refractivity contribution in [3.63, 3.8) is 0 Å². The third-order valence-electron chi connectivity index (χ3n) is 1.53. The van der Waals surface area contributed by atoms with Gasteiger partial charge in [-0.1, -0.05) is 28.1 Å². The highest BCUT2D eigenvalue weighted by molar-refractivity contribution is 9.10. The lowest BCUT2D eigenvalue weighted by molar-refractivity contribution is 1.34. The van der Waals surface area contributed by atoms with Gasteiger partial charge in [0.25, 0.3) is 0 Å². The van der Waals surface area contributed by atoms with Crippen molar-refractivity contribution >= 4 is 33.4 Å². The molecule has 5 heteroatoms. The van der Waals surface area contributed by atoms with Crippen LogP contribution in [0.3, 0.4) is 0 Å². The molecule has 0 bridgehead atoms. The maximum atomic E-state index is 5.42. The van der Waals surface area contributed by atoms with E-state index < -0.39 is 0 Å². The first-order valence-corrected chi connectivity index (χ1v) is 5.17. The van der Waals surface area contributed by atoms with Crippen LogP contribution in [-0.2, 0) is 0 Å². The molecule has 0 aliphatic heterocycles. The molecule has 0 radical (unpaired) electrons. The fraction of sp³-hybridized carbons (Fsp3) is 0. The topological polar surface area (TPSA) is 51.8 Å². The fourth-order valence-corrected chi connectivity index (χ4v) is 1.81. The number of hydrogen-bond acceptors (Lipinski definition) is 4. The summed E-state index contributed by atoms with van der Waals surface area (Å²) in [5, 5.41) is 0.852. The molecular formula is C8H6BrN3S. The summed E-state index contributed by atoms with van der Waals surface area (Å²) in [5.74, 6) is 0.336. The lowest BCUT2D eigenvalue weighted by Crippen LogP contribution is -1.85. The van der Waals surface area contributed by atoms with E-state index in [2.05, 4.69) is 25.3 Å². The number of benzene rings is 1. The summed E-state index contributed by atoms with van der Waals surface area (Å²) >= 11 is 4.67. The van der Waals surface area contributed by atoms with Crippen molar-refractivity contribution in [2.24, 2.45) is 0 Å². The van der Waals surface area contributed by atoms with E-state index in [9.17, 15) is 0 Å². The summed E-state index contributed by atoms with van der Waals surface area (Å²) in [6.45, 7) is 0. The molecule has 1 aromatic heterocycles. The Hall–Kier alpha value is -0.940. The van der Waals surface area contributed by atoms with Gasteiger partial charge in [-0.2, -0.15) is 9.36 Å². The molecule has 13 heavy (non-hydrogen) atoms. The van der Waals surface area contributed by atoms with Crippen molar-refractivity contribution < 1.29 is 0 Å². The Morgan fingerprint density at radius 1 is 1.23 bits per heavy atom. The van der Waals surface area contributed by atoms with Gasteiger partial charge < -0.3 is 5.73 Å². The zero-order chi connectivity index (χ0) is 9.26. The van der Waals surface area contributed by atoms with Crippen LogP contribution in [0.4, 0.5) is 5.95 Å². The van der Waals surface area contributed by atoms with E-state index in [1.807, 2.05) is 24.3 Å². The molecule has 0 aliphatic rings. The van der Waals surface area contributed by atoms with Crippen molar-refractivity contribution in [1.29, 1.82) is 0 Å². The van der Waals surface area contributed by atoms with E-state index >= 15 is 0 Å². The van der Waals surface area contributed by atoms with Gasteiger partial charge in [-0.05, 0) is 23.7 Å². The quantitative estimate of drug-likeness (QED) is 0.853. The van der Waals surface area contributed by atoms with Crippen LogP contribution in [0.25, 0.3) is 10.6 Å². The lowest BCUT2D eigenvalue weighted by atomic mass is 10.2. The molecule has 1 aromatic carbocycles. The van der Waals surface area contributed by atoms with Gasteiger partial charge in [-0.25, -0.2) is 0 Å². The molecule has 2 rings (SSSR count). The Labute approximate surface area is 87.9 Å². The van der Waals surface area contributed by atoms with Crippen LogP contribution in [0.2, 0.25) is 0 Å². The molecular weight excluding hydrogens is 250 g/mol. The monoisotopic (exact) mass is 255 g/mol. The number of nitrogen functional groups attached to an aromatic ring is 1. The molecule has 66 valence electrons. The lowest BCUT2D eigenvalue weighted by Gasteiger charge is -1.93. The Morgan fingerprint density at radius 3 is 2.46 bits per heavy atom. The minimum Gasteiger partial charge on any atom is -0.367 e. The number of rotatable bonds is 1. The zero-order valence-corrected chi connectivity index (χ0v) is 8.97. The SMILES string of the molecule is Nc1nsc(-c2ccc(Br)cc2)n1. The van der Waals surface area contributed by atoms with E-state index in [-0.39, 0.29) is 0 Å². The maximum Gasteiger partial charge on any atom is 0.232 e. The van der Waals surface area contributed by atoms with Crippen molar-refractivity contribution in [2.45, 2.75) is 0 Å². The highest BCUT2D eigenvalue weighted by Gasteiger charge is 2.02. The molecule has 2 N–H and O–H groups in total. The van der Waals surface area contributed by atoms with Gasteiger partial charge in [0, 0.05) is 10.0 Å². The molecule has 0 spiro atoms. The average Bonchev–Trinajstić information content (AvgIpc) is 2.53. The van der Waals surface area contributed by atoms with Gasteiger partial charge in [0.1, 0.15) is 5.01 Å². The molecule has 0 fully saturated rings. The van der Waals surface area contributed by atoms with Crippen molar-refractivity contribution in [2.75, 3.05) is 5.73 Å². The van der Waals surface area contributed by atoms with Crippen molar-refractivity contribution in [3.05, 3.63) is 28.7 Å². The maximum absolute atomic E-state index is 5.42. The average molecular weight is 256 g/mol. The summed E-state index contributed by atoms with van der Waals surface area (Å²) in [7, 11) is 0. The minimum absolute atomic E-state index is 0.336. The van der Waals surface area contributed by atoms with Crippen LogP contribution >= 0.6 is 27.5 Å². The van der Waals surface area contributed by atoms with E-state index in [4.69, 9.17) is 5.73 Å². The molecule has 1 heterocycles. The highest BCUT2D eigenvalue weighted by atomic mass is 79.9. The smallest absolute Gasteiger partial charge is 0.232 e. The summed E-state index contributed by atoms with van der Waals surface area (Å²) in [4.78, 5) is 4.08. The van der Waals surface area contributed by atoms with E-state index in [0.29, 0.717) is 5.95 Å². The minimum atomic E-state index is 0.336. The van der Waals surface area contributed by atoms with Crippen LogP contribution in [0.15, 0.2) is 28.7 Å². The molecule has 0 saturated heterocycles. The molecule has 3 nitrogen and oxygen atoms in total. The van der Waals surface area contributed by atoms with E-state index in [0.717, 1.165) is 15.0 Å². The number of aromatic nitrogens is 2. The Morgan fingerprint density at radius 2 is 1.92 bits per heavy atom. The van der Waals surface area contributed by atoms with E-state index in [1.54, 1.807) is 0 Å².